The summed E-state index contributed by atoms with van der Waals surface area (Å²) in [5.74, 6) is -0.0627. The molecule has 0 bridgehead atoms. The Bertz CT molecular complexity index is 222. The molecule has 0 saturated heterocycles. The van der Waals surface area contributed by atoms with Crippen molar-refractivity contribution in [2.75, 3.05) is 13.1 Å². The summed E-state index contributed by atoms with van der Waals surface area (Å²) in [6, 6.07) is 0. The maximum Gasteiger partial charge on any atom is 0.407 e. The van der Waals surface area contributed by atoms with Crippen LogP contribution in [0, 0.1) is 0 Å². The Morgan fingerprint density at radius 1 is 1.06 bits per heavy atom. The Morgan fingerprint density at radius 3 is 1.94 bits per heavy atom. The second-order valence-corrected chi connectivity index (χ2v) is 4.27. The molecule has 0 aliphatic heterocycles. The molecule has 0 unspecified atom stereocenters. The number of ether oxygens (including phenoxy) is 1. The average Bonchev–Trinajstić information content (AvgIpc) is 2.17. The first-order valence-electron chi connectivity index (χ1n) is 6.02. The molecule has 17 heavy (non-hydrogen) atoms. The van der Waals surface area contributed by atoms with Crippen LogP contribution in [0.4, 0.5) is 4.79 Å². The molecule has 0 aromatic rings. The number of alkyl carbamates (subject to hydrolysis) is 1. The van der Waals surface area contributed by atoms with Crippen LogP contribution >= 0.6 is 0 Å². The predicted octanol–water partition coefficient (Wildman–Crippen LogP) is 2.06. The van der Waals surface area contributed by atoms with Gasteiger partial charge in [0.1, 0.15) is 5.60 Å². The van der Waals surface area contributed by atoms with E-state index in [2.05, 4.69) is 10.6 Å². The van der Waals surface area contributed by atoms with Crippen LogP contribution in [-0.4, -0.2) is 30.7 Å². The van der Waals surface area contributed by atoms with Gasteiger partial charge in [-0.05, 0) is 27.2 Å². The highest BCUT2D eigenvalue weighted by Gasteiger charge is 2.15. The van der Waals surface area contributed by atoms with E-state index in [0.29, 0.717) is 19.5 Å². The standard InChI is InChI=1S/C10H20N2O3.C2H6/c1-8(13)11-6-5-7-12-9(14)15-10(2,3)4;1-2/h5-7H2,1-4H3,(H,11,13)(H,12,14);1-2H3. The first-order chi connectivity index (χ1) is 7.81. The highest BCUT2D eigenvalue weighted by Crippen LogP contribution is 2.06. The minimum absolute atomic E-state index is 0.0627. The Morgan fingerprint density at radius 2 is 1.53 bits per heavy atom. The minimum atomic E-state index is -0.471. The van der Waals surface area contributed by atoms with E-state index in [1.807, 2.05) is 34.6 Å². The molecule has 0 spiro atoms. The van der Waals surface area contributed by atoms with Crippen LogP contribution in [0.5, 0.6) is 0 Å². The van der Waals surface area contributed by atoms with Crippen LogP contribution < -0.4 is 10.6 Å². The summed E-state index contributed by atoms with van der Waals surface area (Å²) in [4.78, 5) is 21.6. The van der Waals surface area contributed by atoms with E-state index in [9.17, 15) is 9.59 Å². The van der Waals surface area contributed by atoms with E-state index in [-0.39, 0.29) is 5.91 Å². The van der Waals surface area contributed by atoms with Crippen molar-refractivity contribution in [3.05, 3.63) is 0 Å². The molecule has 0 heterocycles. The monoisotopic (exact) mass is 246 g/mol. The zero-order valence-electron chi connectivity index (χ0n) is 11.8. The van der Waals surface area contributed by atoms with E-state index in [0.717, 1.165) is 0 Å². The molecule has 5 nitrogen and oxygen atoms in total. The van der Waals surface area contributed by atoms with Crippen LogP contribution in [0.25, 0.3) is 0 Å². The van der Waals surface area contributed by atoms with Gasteiger partial charge in [-0.25, -0.2) is 4.79 Å². The number of carbonyl (C=O) groups is 2. The molecule has 0 aliphatic carbocycles. The lowest BCUT2D eigenvalue weighted by molar-refractivity contribution is -0.118. The quantitative estimate of drug-likeness (QED) is 0.746. The van der Waals surface area contributed by atoms with E-state index < -0.39 is 11.7 Å². The maximum absolute atomic E-state index is 11.1. The lowest BCUT2D eigenvalue weighted by Gasteiger charge is -2.19. The molecule has 0 rings (SSSR count). The van der Waals surface area contributed by atoms with E-state index in [1.165, 1.54) is 6.92 Å². The molecule has 0 radical (unpaired) electrons. The van der Waals surface area contributed by atoms with E-state index >= 15 is 0 Å². The normalized spacial score (nSPS) is 9.76. The van der Waals surface area contributed by atoms with Gasteiger partial charge >= 0.3 is 6.09 Å². The summed E-state index contributed by atoms with van der Waals surface area (Å²) in [7, 11) is 0. The van der Waals surface area contributed by atoms with Gasteiger partial charge in [-0.15, -0.1) is 0 Å². The number of nitrogens with one attached hydrogen (secondary N) is 2. The zero-order chi connectivity index (χ0) is 13.9. The predicted molar refractivity (Wildman–Crippen MR) is 68.9 cm³/mol. The third-order valence-corrected chi connectivity index (χ3v) is 1.40. The van der Waals surface area contributed by atoms with Gasteiger partial charge in [0, 0.05) is 20.0 Å². The van der Waals surface area contributed by atoms with Crippen molar-refractivity contribution in [2.45, 2.75) is 53.6 Å². The van der Waals surface area contributed by atoms with Crippen molar-refractivity contribution in [1.82, 2.24) is 10.6 Å². The van der Waals surface area contributed by atoms with Crippen molar-refractivity contribution in [2.24, 2.45) is 0 Å². The average molecular weight is 246 g/mol. The molecular weight excluding hydrogens is 220 g/mol. The van der Waals surface area contributed by atoms with Crippen molar-refractivity contribution < 1.29 is 14.3 Å². The molecular formula is C12H26N2O3. The van der Waals surface area contributed by atoms with Crippen LogP contribution in [0.3, 0.4) is 0 Å². The van der Waals surface area contributed by atoms with E-state index in [1.54, 1.807) is 0 Å². The zero-order valence-corrected chi connectivity index (χ0v) is 11.8. The fourth-order valence-corrected chi connectivity index (χ4v) is 0.857. The van der Waals surface area contributed by atoms with Gasteiger partial charge in [-0.1, -0.05) is 13.8 Å². The van der Waals surface area contributed by atoms with Crippen molar-refractivity contribution in [1.29, 1.82) is 0 Å². The molecule has 5 heteroatoms. The molecule has 0 aromatic carbocycles. The molecule has 0 aromatic heterocycles. The smallest absolute Gasteiger partial charge is 0.407 e. The molecule has 0 aliphatic rings. The Balaban J connectivity index is 0. The summed E-state index contributed by atoms with van der Waals surface area (Å²) >= 11 is 0. The largest absolute Gasteiger partial charge is 0.444 e. The van der Waals surface area contributed by atoms with Gasteiger partial charge < -0.3 is 15.4 Å². The second-order valence-electron chi connectivity index (χ2n) is 4.27. The van der Waals surface area contributed by atoms with Crippen molar-refractivity contribution in [3.63, 3.8) is 0 Å². The van der Waals surface area contributed by atoms with Crippen LogP contribution in [0.1, 0.15) is 48.0 Å². The van der Waals surface area contributed by atoms with Crippen molar-refractivity contribution in [3.8, 4) is 0 Å². The fraction of sp³-hybridized carbons (Fsp3) is 0.833. The highest BCUT2D eigenvalue weighted by atomic mass is 16.6. The third-order valence-electron chi connectivity index (χ3n) is 1.40. The van der Waals surface area contributed by atoms with Gasteiger partial charge in [-0.2, -0.15) is 0 Å². The van der Waals surface area contributed by atoms with Gasteiger partial charge in [0.25, 0.3) is 0 Å². The molecule has 0 fully saturated rings. The summed E-state index contributed by atoms with van der Waals surface area (Å²) in [6.45, 7) is 11.9. The van der Waals surface area contributed by atoms with Gasteiger partial charge in [-0.3, -0.25) is 4.79 Å². The number of hydrogen-bond donors (Lipinski definition) is 2. The van der Waals surface area contributed by atoms with Gasteiger partial charge in [0.05, 0.1) is 0 Å². The number of hydrogen-bond acceptors (Lipinski definition) is 3. The minimum Gasteiger partial charge on any atom is -0.444 e. The first-order valence-corrected chi connectivity index (χ1v) is 6.02. The van der Waals surface area contributed by atoms with Crippen molar-refractivity contribution >= 4 is 12.0 Å². The third kappa shape index (κ3) is 17.4. The molecule has 0 saturated carbocycles. The summed E-state index contributed by atoms with van der Waals surface area (Å²) in [6.07, 6.45) is 0.268. The number of carbonyl (C=O) groups excluding carboxylic acids is 2. The first kappa shape index (κ1) is 18.1. The fourth-order valence-electron chi connectivity index (χ4n) is 0.857. The molecule has 2 N–H and O–H groups in total. The second kappa shape index (κ2) is 9.93. The summed E-state index contributed by atoms with van der Waals surface area (Å²) in [5.41, 5.74) is -0.471. The summed E-state index contributed by atoms with van der Waals surface area (Å²) < 4.78 is 5.03. The van der Waals surface area contributed by atoms with Gasteiger partial charge in [0.15, 0.2) is 0 Å². The Hall–Kier alpha value is -1.26. The molecule has 2 amide bonds. The summed E-state index contributed by atoms with van der Waals surface area (Å²) in [5, 5.41) is 5.24. The highest BCUT2D eigenvalue weighted by molar-refractivity contribution is 5.72. The van der Waals surface area contributed by atoms with Crippen LogP contribution in [0.2, 0.25) is 0 Å². The lowest BCUT2D eigenvalue weighted by Crippen LogP contribution is -2.34. The van der Waals surface area contributed by atoms with Gasteiger partial charge in [0.2, 0.25) is 5.91 Å². The van der Waals surface area contributed by atoms with Crippen LogP contribution in [0.15, 0.2) is 0 Å². The number of amides is 2. The SMILES string of the molecule is CC.CC(=O)NCCCNC(=O)OC(C)(C)C. The maximum atomic E-state index is 11.1. The number of rotatable bonds is 4. The van der Waals surface area contributed by atoms with E-state index in [4.69, 9.17) is 4.74 Å². The molecule has 0 atom stereocenters. The molecule has 102 valence electrons. The lowest BCUT2D eigenvalue weighted by atomic mass is 10.2. The topological polar surface area (TPSA) is 67.4 Å². The van der Waals surface area contributed by atoms with Crippen LogP contribution in [-0.2, 0) is 9.53 Å². The Kier molecular flexibility index (Phi) is 10.6. The Labute approximate surface area is 104 Å².